The van der Waals surface area contributed by atoms with Gasteiger partial charge in [0.2, 0.25) is 0 Å². The molecule has 1 nitrogen and oxygen atoms in total. The van der Waals surface area contributed by atoms with Gasteiger partial charge in [-0.1, -0.05) is 17.7 Å². The third-order valence-corrected chi connectivity index (χ3v) is 3.45. The van der Waals surface area contributed by atoms with Crippen molar-refractivity contribution in [2.45, 2.75) is 45.1 Å². The molecule has 1 N–H and O–H groups in total. The van der Waals surface area contributed by atoms with Gasteiger partial charge in [0.15, 0.2) is 0 Å². The summed E-state index contributed by atoms with van der Waals surface area (Å²) in [6.45, 7) is 4.48. The quantitative estimate of drug-likeness (QED) is 0.850. The highest BCUT2D eigenvalue weighted by atomic mass is 19.3. The van der Waals surface area contributed by atoms with Crippen LogP contribution in [0.25, 0.3) is 0 Å². The van der Waals surface area contributed by atoms with Gasteiger partial charge in [0.25, 0.3) is 5.92 Å². The lowest BCUT2D eigenvalue weighted by atomic mass is 9.95. The van der Waals surface area contributed by atoms with Gasteiger partial charge in [0.1, 0.15) is 0 Å². The Morgan fingerprint density at radius 3 is 2.76 bits per heavy atom. The highest BCUT2D eigenvalue weighted by Crippen LogP contribution is 2.36. The summed E-state index contributed by atoms with van der Waals surface area (Å²) in [5.41, 5.74) is 1.76. The second kappa shape index (κ2) is 4.73. The molecule has 0 bridgehead atoms. The van der Waals surface area contributed by atoms with Crippen LogP contribution in [0.3, 0.4) is 0 Å². The van der Waals surface area contributed by atoms with E-state index in [9.17, 15) is 8.78 Å². The second-order valence-corrected chi connectivity index (χ2v) is 5.02. The molecule has 2 rings (SSSR count). The third-order valence-electron chi connectivity index (χ3n) is 3.45. The summed E-state index contributed by atoms with van der Waals surface area (Å²) in [5, 5.41) is 3.14. The van der Waals surface area contributed by atoms with Crippen LogP contribution in [0.1, 0.15) is 36.0 Å². The molecule has 0 radical (unpaired) electrons. The lowest BCUT2D eigenvalue weighted by Crippen LogP contribution is -2.29. The zero-order valence-electron chi connectivity index (χ0n) is 10.4. The molecule has 0 saturated carbocycles. The van der Waals surface area contributed by atoms with Crippen molar-refractivity contribution in [2.24, 2.45) is 0 Å². The molecule has 1 atom stereocenters. The van der Waals surface area contributed by atoms with Crippen LogP contribution in [0.5, 0.6) is 0 Å². The number of aryl methyl sites for hydroxylation is 2. The van der Waals surface area contributed by atoms with E-state index >= 15 is 0 Å². The predicted molar refractivity (Wildman–Crippen MR) is 65.5 cm³/mol. The van der Waals surface area contributed by atoms with Crippen LogP contribution >= 0.6 is 0 Å². The average molecular weight is 239 g/mol. The summed E-state index contributed by atoms with van der Waals surface area (Å²) < 4.78 is 28.4. The van der Waals surface area contributed by atoms with Crippen LogP contribution in [-0.2, 0) is 5.92 Å². The number of alkyl halides is 2. The van der Waals surface area contributed by atoms with Crippen molar-refractivity contribution < 1.29 is 8.78 Å². The van der Waals surface area contributed by atoms with E-state index in [0.29, 0.717) is 5.56 Å². The fraction of sp³-hybridized carbons (Fsp3) is 0.571. The summed E-state index contributed by atoms with van der Waals surface area (Å²) in [5.74, 6) is -2.72. The van der Waals surface area contributed by atoms with Crippen LogP contribution in [0.4, 0.5) is 8.78 Å². The van der Waals surface area contributed by atoms with Gasteiger partial charge >= 0.3 is 0 Å². The van der Waals surface area contributed by atoms with Crippen LogP contribution in [0.15, 0.2) is 18.2 Å². The molecule has 0 spiro atoms. The normalized spacial score (nSPS) is 20.8. The maximum atomic E-state index is 14.2. The third kappa shape index (κ3) is 2.83. The standard InChI is InChI=1S/C14H19F2N/c1-10-5-6-11(2)13(8-10)14(15,16)9-12-4-3-7-17-12/h5-6,8,12,17H,3-4,7,9H2,1-2H3. The van der Waals surface area contributed by atoms with E-state index in [1.54, 1.807) is 19.1 Å². The van der Waals surface area contributed by atoms with Crippen molar-refractivity contribution in [1.82, 2.24) is 5.32 Å². The molecular formula is C14H19F2N. The summed E-state index contributed by atoms with van der Waals surface area (Å²) in [4.78, 5) is 0. The summed E-state index contributed by atoms with van der Waals surface area (Å²) in [7, 11) is 0. The van der Waals surface area contributed by atoms with Gasteiger partial charge < -0.3 is 5.32 Å². The molecule has 0 aromatic heterocycles. The highest BCUT2D eigenvalue weighted by Gasteiger charge is 2.36. The molecule has 17 heavy (non-hydrogen) atoms. The number of halogens is 2. The number of benzene rings is 1. The Morgan fingerprint density at radius 1 is 1.35 bits per heavy atom. The Balaban J connectivity index is 2.20. The Bertz CT molecular complexity index is 395. The SMILES string of the molecule is Cc1ccc(C)c(C(F)(F)CC2CCCN2)c1. The molecule has 1 aromatic rings. The molecule has 1 heterocycles. The van der Waals surface area contributed by atoms with Gasteiger partial charge in [-0.15, -0.1) is 0 Å². The topological polar surface area (TPSA) is 12.0 Å². The lowest BCUT2D eigenvalue weighted by Gasteiger charge is -2.22. The zero-order valence-corrected chi connectivity index (χ0v) is 10.4. The molecule has 1 aliphatic rings. The first-order valence-electron chi connectivity index (χ1n) is 6.18. The summed E-state index contributed by atoms with van der Waals surface area (Å²) in [6.07, 6.45) is 1.78. The largest absolute Gasteiger partial charge is 0.314 e. The monoisotopic (exact) mass is 239 g/mol. The highest BCUT2D eigenvalue weighted by molar-refractivity contribution is 5.33. The first-order chi connectivity index (χ1) is 7.99. The molecular weight excluding hydrogens is 220 g/mol. The Labute approximate surface area is 101 Å². The predicted octanol–water partition coefficient (Wildman–Crippen LogP) is 3.54. The van der Waals surface area contributed by atoms with E-state index in [4.69, 9.17) is 0 Å². The molecule has 1 saturated heterocycles. The maximum absolute atomic E-state index is 14.2. The van der Waals surface area contributed by atoms with Crippen molar-refractivity contribution in [1.29, 1.82) is 0 Å². The van der Waals surface area contributed by atoms with Gasteiger partial charge in [0.05, 0.1) is 0 Å². The van der Waals surface area contributed by atoms with E-state index in [1.807, 2.05) is 13.0 Å². The molecule has 1 fully saturated rings. The fourth-order valence-electron chi connectivity index (χ4n) is 2.48. The Hall–Kier alpha value is -0.960. The van der Waals surface area contributed by atoms with Crippen molar-refractivity contribution in [2.75, 3.05) is 6.54 Å². The zero-order chi connectivity index (χ0) is 12.5. The van der Waals surface area contributed by atoms with Crippen molar-refractivity contribution in [3.8, 4) is 0 Å². The van der Waals surface area contributed by atoms with Gasteiger partial charge in [-0.25, -0.2) is 8.78 Å². The van der Waals surface area contributed by atoms with Crippen molar-refractivity contribution in [3.63, 3.8) is 0 Å². The van der Waals surface area contributed by atoms with Gasteiger partial charge in [-0.2, -0.15) is 0 Å². The Morgan fingerprint density at radius 2 is 2.12 bits per heavy atom. The van der Waals surface area contributed by atoms with Gasteiger partial charge in [-0.05, 0) is 44.9 Å². The van der Waals surface area contributed by atoms with E-state index in [2.05, 4.69) is 5.32 Å². The van der Waals surface area contributed by atoms with Crippen LogP contribution in [0.2, 0.25) is 0 Å². The van der Waals surface area contributed by atoms with Crippen LogP contribution < -0.4 is 5.32 Å². The van der Waals surface area contributed by atoms with Crippen LogP contribution in [0, 0.1) is 13.8 Å². The number of hydrogen-bond acceptors (Lipinski definition) is 1. The van der Waals surface area contributed by atoms with E-state index in [0.717, 1.165) is 24.9 Å². The van der Waals surface area contributed by atoms with Crippen LogP contribution in [-0.4, -0.2) is 12.6 Å². The lowest BCUT2D eigenvalue weighted by molar-refractivity contribution is -0.0219. The smallest absolute Gasteiger partial charge is 0.275 e. The second-order valence-electron chi connectivity index (χ2n) is 5.02. The molecule has 1 aliphatic heterocycles. The van der Waals surface area contributed by atoms with E-state index in [-0.39, 0.29) is 18.0 Å². The average Bonchev–Trinajstić information content (AvgIpc) is 2.73. The minimum Gasteiger partial charge on any atom is -0.314 e. The number of rotatable bonds is 3. The molecule has 1 aromatic carbocycles. The van der Waals surface area contributed by atoms with Crippen molar-refractivity contribution in [3.05, 3.63) is 34.9 Å². The molecule has 1 unspecified atom stereocenters. The Kier molecular flexibility index (Phi) is 3.48. The van der Waals surface area contributed by atoms with Crippen molar-refractivity contribution >= 4 is 0 Å². The summed E-state index contributed by atoms with van der Waals surface area (Å²) in [6, 6.07) is 5.23. The minimum atomic E-state index is -2.72. The first-order valence-corrected chi connectivity index (χ1v) is 6.18. The summed E-state index contributed by atoms with van der Waals surface area (Å²) >= 11 is 0. The minimum absolute atomic E-state index is 0.0371. The molecule has 94 valence electrons. The van der Waals surface area contributed by atoms with Gasteiger partial charge in [0, 0.05) is 18.0 Å². The van der Waals surface area contributed by atoms with Gasteiger partial charge in [-0.3, -0.25) is 0 Å². The maximum Gasteiger partial charge on any atom is 0.275 e. The molecule has 3 heteroatoms. The van der Waals surface area contributed by atoms with E-state index in [1.165, 1.54) is 0 Å². The number of nitrogens with one attached hydrogen (secondary N) is 1. The van der Waals surface area contributed by atoms with E-state index < -0.39 is 5.92 Å². The number of hydrogen-bond donors (Lipinski definition) is 1. The molecule has 0 amide bonds. The fourth-order valence-corrected chi connectivity index (χ4v) is 2.48. The first kappa shape index (κ1) is 12.5. The molecule has 0 aliphatic carbocycles.